The molecule has 2 rings (SSSR count). The van der Waals surface area contributed by atoms with Crippen molar-refractivity contribution in [3.63, 3.8) is 0 Å². The standard InChI is InChI=1S/C15H11N3O6/c1-10(19)24-16-15(11-4-2-6-13(8-11)17(20)21)12-5-3-7-14(9-12)18(22)23/h2-9H,1H3. The van der Waals surface area contributed by atoms with E-state index in [1.807, 2.05) is 0 Å². The first-order valence-electron chi connectivity index (χ1n) is 6.63. The highest BCUT2D eigenvalue weighted by atomic mass is 16.7. The predicted molar refractivity (Wildman–Crippen MR) is 83.6 cm³/mol. The normalized spacial score (nSPS) is 9.88. The SMILES string of the molecule is CC(=O)ON=C(c1cccc([N+](=O)[O-])c1)c1cccc([N+](=O)[O-])c1. The third-order valence-corrected chi connectivity index (χ3v) is 2.93. The average molecular weight is 329 g/mol. The van der Waals surface area contributed by atoms with E-state index in [4.69, 9.17) is 0 Å². The first kappa shape index (κ1) is 16.7. The summed E-state index contributed by atoms with van der Waals surface area (Å²) in [6.45, 7) is 1.14. The molecule has 9 nitrogen and oxygen atoms in total. The van der Waals surface area contributed by atoms with Gasteiger partial charge in [-0.15, -0.1) is 0 Å². The van der Waals surface area contributed by atoms with Crippen molar-refractivity contribution in [2.24, 2.45) is 5.16 Å². The Bertz CT molecular complexity index is 787. The van der Waals surface area contributed by atoms with Gasteiger partial charge in [-0.05, 0) is 0 Å². The minimum absolute atomic E-state index is 0.0672. The van der Waals surface area contributed by atoms with Crippen LogP contribution in [0.15, 0.2) is 53.7 Å². The Morgan fingerprint density at radius 3 is 1.79 bits per heavy atom. The van der Waals surface area contributed by atoms with Crippen molar-refractivity contribution in [2.75, 3.05) is 0 Å². The van der Waals surface area contributed by atoms with Crippen molar-refractivity contribution in [1.82, 2.24) is 0 Å². The fourth-order valence-electron chi connectivity index (χ4n) is 1.92. The maximum Gasteiger partial charge on any atom is 0.332 e. The van der Waals surface area contributed by atoms with E-state index >= 15 is 0 Å². The molecule has 0 aliphatic heterocycles. The summed E-state index contributed by atoms with van der Waals surface area (Å²) in [5.74, 6) is -0.691. The number of carbonyl (C=O) groups excluding carboxylic acids is 1. The Balaban J connectivity index is 2.57. The van der Waals surface area contributed by atoms with Crippen LogP contribution in [0.5, 0.6) is 0 Å². The Morgan fingerprint density at radius 1 is 0.958 bits per heavy atom. The van der Waals surface area contributed by atoms with E-state index in [1.54, 1.807) is 0 Å². The highest BCUT2D eigenvalue weighted by Crippen LogP contribution is 2.20. The number of hydrogen-bond acceptors (Lipinski definition) is 7. The zero-order valence-electron chi connectivity index (χ0n) is 12.4. The minimum atomic E-state index is -0.691. The molecule has 0 aliphatic rings. The quantitative estimate of drug-likeness (QED) is 0.359. The molecule has 0 saturated heterocycles. The van der Waals surface area contributed by atoms with Crippen molar-refractivity contribution in [2.45, 2.75) is 6.92 Å². The average Bonchev–Trinajstić information content (AvgIpc) is 2.55. The van der Waals surface area contributed by atoms with Gasteiger partial charge in [-0.25, -0.2) is 4.79 Å². The second-order valence-electron chi connectivity index (χ2n) is 4.64. The summed E-state index contributed by atoms with van der Waals surface area (Å²) in [5.41, 5.74) is 0.261. The number of hydrogen-bond donors (Lipinski definition) is 0. The highest BCUT2D eigenvalue weighted by molar-refractivity contribution is 6.13. The van der Waals surface area contributed by atoms with Gasteiger partial charge in [-0.3, -0.25) is 20.2 Å². The second kappa shape index (κ2) is 7.09. The summed E-state index contributed by atoms with van der Waals surface area (Å²) in [6.07, 6.45) is 0. The number of benzene rings is 2. The van der Waals surface area contributed by atoms with Crippen LogP contribution in [0.25, 0.3) is 0 Å². The Kier molecular flexibility index (Phi) is 4.95. The van der Waals surface area contributed by atoms with E-state index in [0.29, 0.717) is 0 Å². The molecule has 0 saturated carbocycles. The smallest absolute Gasteiger partial charge is 0.318 e. The van der Waals surface area contributed by atoms with Gasteiger partial charge in [-0.2, -0.15) is 0 Å². The first-order chi connectivity index (χ1) is 11.4. The Labute approximate surface area is 135 Å². The lowest BCUT2D eigenvalue weighted by atomic mass is 10.0. The van der Waals surface area contributed by atoms with Gasteiger partial charge in [0.25, 0.3) is 11.4 Å². The van der Waals surface area contributed by atoms with Crippen LogP contribution in [0, 0.1) is 20.2 Å². The van der Waals surface area contributed by atoms with E-state index in [9.17, 15) is 25.0 Å². The first-order valence-corrected chi connectivity index (χ1v) is 6.63. The number of nitrogens with zero attached hydrogens (tertiary/aromatic N) is 3. The van der Waals surface area contributed by atoms with Crippen molar-refractivity contribution >= 4 is 23.1 Å². The van der Waals surface area contributed by atoms with Crippen LogP contribution in [0.3, 0.4) is 0 Å². The van der Waals surface area contributed by atoms with Crippen LogP contribution in [0.4, 0.5) is 11.4 Å². The van der Waals surface area contributed by atoms with E-state index in [1.165, 1.54) is 48.5 Å². The molecule has 24 heavy (non-hydrogen) atoms. The summed E-state index contributed by atoms with van der Waals surface area (Å²) in [5, 5.41) is 25.5. The second-order valence-corrected chi connectivity index (χ2v) is 4.64. The molecule has 2 aromatic rings. The molecule has 122 valence electrons. The van der Waals surface area contributed by atoms with Gasteiger partial charge in [-0.1, -0.05) is 29.4 Å². The van der Waals surface area contributed by atoms with E-state index < -0.39 is 15.8 Å². The molecular formula is C15H11N3O6. The number of carbonyl (C=O) groups is 1. The van der Waals surface area contributed by atoms with Gasteiger partial charge in [0.15, 0.2) is 0 Å². The zero-order valence-corrected chi connectivity index (χ0v) is 12.4. The Morgan fingerprint density at radius 2 is 1.42 bits per heavy atom. The van der Waals surface area contributed by atoms with Gasteiger partial charge >= 0.3 is 5.97 Å². The van der Waals surface area contributed by atoms with Gasteiger partial charge in [0.2, 0.25) is 0 Å². The van der Waals surface area contributed by atoms with Crippen LogP contribution < -0.4 is 0 Å². The van der Waals surface area contributed by atoms with Crippen LogP contribution >= 0.6 is 0 Å². The zero-order chi connectivity index (χ0) is 17.7. The summed E-state index contributed by atoms with van der Waals surface area (Å²) < 4.78 is 0. The number of nitro benzene ring substituents is 2. The maximum absolute atomic E-state index is 11.0. The lowest BCUT2D eigenvalue weighted by Crippen LogP contribution is -2.07. The molecule has 0 radical (unpaired) electrons. The van der Waals surface area contributed by atoms with Crippen molar-refractivity contribution < 1.29 is 19.5 Å². The van der Waals surface area contributed by atoms with Crippen molar-refractivity contribution in [1.29, 1.82) is 0 Å². The minimum Gasteiger partial charge on any atom is -0.318 e. The largest absolute Gasteiger partial charge is 0.332 e. The summed E-state index contributed by atoms with van der Waals surface area (Å²) in [6, 6.07) is 11.0. The monoisotopic (exact) mass is 329 g/mol. The summed E-state index contributed by atoms with van der Waals surface area (Å²) in [7, 11) is 0. The van der Waals surface area contributed by atoms with Crippen molar-refractivity contribution in [3.8, 4) is 0 Å². The molecular weight excluding hydrogens is 318 g/mol. The number of nitro groups is 2. The summed E-state index contributed by atoms with van der Waals surface area (Å²) >= 11 is 0. The molecule has 0 spiro atoms. The van der Waals surface area contributed by atoms with Crippen LogP contribution in [-0.2, 0) is 9.63 Å². The molecule has 0 bridgehead atoms. The molecule has 0 aliphatic carbocycles. The third-order valence-electron chi connectivity index (χ3n) is 2.93. The number of non-ortho nitro benzene ring substituents is 2. The highest BCUT2D eigenvalue weighted by Gasteiger charge is 2.16. The Hall–Kier alpha value is -3.62. The lowest BCUT2D eigenvalue weighted by Gasteiger charge is -2.06. The number of oxime groups is 1. The van der Waals surface area contributed by atoms with E-state index in [-0.39, 0.29) is 28.2 Å². The fraction of sp³-hybridized carbons (Fsp3) is 0.0667. The maximum atomic E-state index is 11.0. The van der Waals surface area contributed by atoms with E-state index in [0.717, 1.165) is 6.92 Å². The molecule has 0 aromatic heterocycles. The topological polar surface area (TPSA) is 125 Å². The van der Waals surface area contributed by atoms with Crippen LogP contribution in [0.2, 0.25) is 0 Å². The number of rotatable bonds is 5. The lowest BCUT2D eigenvalue weighted by molar-refractivity contribution is -0.385. The molecule has 9 heteroatoms. The molecule has 0 heterocycles. The molecule has 0 fully saturated rings. The fourth-order valence-corrected chi connectivity index (χ4v) is 1.92. The molecule has 0 unspecified atom stereocenters. The predicted octanol–water partition coefficient (Wildman–Crippen LogP) is 2.82. The van der Waals surface area contributed by atoms with E-state index in [2.05, 4.69) is 9.99 Å². The van der Waals surface area contributed by atoms with Gasteiger partial charge in [0.05, 0.1) is 9.85 Å². The van der Waals surface area contributed by atoms with Crippen LogP contribution in [-0.4, -0.2) is 21.5 Å². The molecule has 0 N–H and O–H groups in total. The van der Waals surface area contributed by atoms with Gasteiger partial charge < -0.3 is 4.84 Å². The van der Waals surface area contributed by atoms with Crippen LogP contribution in [0.1, 0.15) is 18.1 Å². The van der Waals surface area contributed by atoms with Gasteiger partial charge in [0, 0.05) is 42.3 Å². The molecule has 0 amide bonds. The van der Waals surface area contributed by atoms with Crippen molar-refractivity contribution in [3.05, 3.63) is 79.9 Å². The third kappa shape index (κ3) is 3.97. The summed E-state index contributed by atoms with van der Waals surface area (Å²) in [4.78, 5) is 36.3. The van der Waals surface area contributed by atoms with Gasteiger partial charge in [0.1, 0.15) is 5.71 Å². The molecule has 2 aromatic carbocycles. The molecule has 0 atom stereocenters.